The number of rotatable bonds is 6. The van der Waals surface area contributed by atoms with Gasteiger partial charge in [0, 0.05) is 46.0 Å². The van der Waals surface area contributed by atoms with E-state index in [2.05, 4.69) is 11.0 Å². The molecule has 3 amide bonds. The van der Waals surface area contributed by atoms with Gasteiger partial charge in [0.05, 0.1) is 28.2 Å². The molecule has 0 spiro atoms. The third-order valence-electron chi connectivity index (χ3n) is 8.95. The smallest absolute Gasteiger partial charge is 0.232 e. The minimum atomic E-state index is -1.04. The van der Waals surface area contributed by atoms with Crippen molar-refractivity contribution in [3.63, 3.8) is 0 Å². The summed E-state index contributed by atoms with van der Waals surface area (Å²) in [5.41, 5.74) is 5.55. The molecule has 194 valence electrons. The number of hydrogen-bond acceptors (Lipinski definition) is 5. The van der Waals surface area contributed by atoms with Gasteiger partial charge in [-0.15, -0.1) is 0 Å². The highest BCUT2D eigenvalue weighted by Gasteiger charge is 2.68. The first kappa shape index (κ1) is 26.0. The Morgan fingerprint density at radius 3 is 2.14 bits per heavy atom. The van der Waals surface area contributed by atoms with Crippen molar-refractivity contribution in [1.82, 2.24) is 9.80 Å². The maximum Gasteiger partial charge on any atom is 0.232 e. The summed E-state index contributed by atoms with van der Waals surface area (Å²) in [6, 6.07) is 10.5. The Balaban J connectivity index is 1.45. The maximum atomic E-state index is 13.7. The fourth-order valence-electron chi connectivity index (χ4n) is 6.57. The van der Waals surface area contributed by atoms with Crippen molar-refractivity contribution < 1.29 is 14.4 Å². The number of primary amides is 1. The fraction of sp³-hybridized carbons (Fsp3) is 0.643. The molecule has 1 heterocycles. The Morgan fingerprint density at radius 2 is 1.64 bits per heavy atom. The second-order valence-electron chi connectivity index (χ2n) is 11.5. The van der Waals surface area contributed by atoms with Crippen molar-refractivity contribution in [2.45, 2.75) is 57.8 Å². The Bertz CT molecular complexity index is 1060. The summed E-state index contributed by atoms with van der Waals surface area (Å²) in [6.07, 6.45) is 4.16. The van der Waals surface area contributed by atoms with E-state index in [1.54, 1.807) is 19.0 Å². The first-order chi connectivity index (χ1) is 17.0. The van der Waals surface area contributed by atoms with Gasteiger partial charge in [0.2, 0.25) is 17.7 Å². The van der Waals surface area contributed by atoms with E-state index in [0.29, 0.717) is 51.9 Å². The number of nitrogens with two attached hydrogens (primary N) is 1. The minimum Gasteiger partial charge on any atom is -0.369 e. The van der Waals surface area contributed by atoms with E-state index in [4.69, 9.17) is 5.73 Å². The van der Waals surface area contributed by atoms with Gasteiger partial charge in [-0.25, -0.2) is 0 Å². The van der Waals surface area contributed by atoms with Gasteiger partial charge in [-0.1, -0.05) is 25.0 Å². The minimum absolute atomic E-state index is 0.0195. The van der Waals surface area contributed by atoms with E-state index < -0.39 is 28.1 Å². The number of likely N-dealkylation sites (N-methyl/N-ethyl adjacent to an activating group) is 1. The number of nitrogens with zero attached hydrogens (tertiary/aromatic N) is 4. The van der Waals surface area contributed by atoms with Gasteiger partial charge in [-0.2, -0.15) is 5.26 Å². The van der Waals surface area contributed by atoms with Crippen LogP contribution in [0, 0.1) is 28.1 Å². The van der Waals surface area contributed by atoms with Crippen LogP contribution in [-0.2, 0) is 19.8 Å². The maximum absolute atomic E-state index is 13.7. The standard InChI is InChI=1S/C28H39N5O3/c1-26(2,25(36)31(3)4)20-8-10-21(11-9-20)32-15-17-33(18-16-32)23(34)22-7-5-6-12-28(22,24(30)35)27(19-29)13-14-27/h8-11,22H,5-7,12-18H2,1-4H3,(H2,30,35). The monoisotopic (exact) mass is 493 g/mol. The number of anilines is 1. The number of carbonyl (C=O) groups is 3. The second-order valence-corrected chi connectivity index (χ2v) is 11.5. The molecular weight excluding hydrogens is 454 g/mol. The lowest BCUT2D eigenvalue weighted by atomic mass is 9.57. The Hall–Kier alpha value is -3.08. The van der Waals surface area contributed by atoms with Crippen molar-refractivity contribution in [2.24, 2.45) is 22.5 Å². The zero-order chi connectivity index (χ0) is 26.3. The van der Waals surface area contributed by atoms with Crippen molar-refractivity contribution >= 4 is 23.4 Å². The lowest BCUT2D eigenvalue weighted by molar-refractivity contribution is -0.154. The van der Waals surface area contributed by atoms with Crippen LogP contribution in [0.5, 0.6) is 0 Å². The van der Waals surface area contributed by atoms with Crippen LogP contribution in [0.3, 0.4) is 0 Å². The average Bonchev–Trinajstić information content (AvgIpc) is 3.69. The van der Waals surface area contributed by atoms with Crippen LogP contribution in [0.15, 0.2) is 24.3 Å². The molecule has 2 aliphatic carbocycles. The molecule has 36 heavy (non-hydrogen) atoms. The van der Waals surface area contributed by atoms with Crippen LogP contribution >= 0.6 is 0 Å². The first-order valence-corrected chi connectivity index (χ1v) is 13.1. The average molecular weight is 494 g/mol. The Kier molecular flexibility index (Phi) is 6.80. The number of benzene rings is 1. The molecule has 4 rings (SSSR count). The fourth-order valence-corrected chi connectivity index (χ4v) is 6.57. The van der Waals surface area contributed by atoms with Crippen LogP contribution in [0.4, 0.5) is 5.69 Å². The van der Waals surface area contributed by atoms with Gasteiger partial charge in [-0.3, -0.25) is 14.4 Å². The molecule has 0 radical (unpaired) electrons. The van der Waals surface area contributed by atoms with Crippen LogP contribution in [-0.4, -0.2) is 67.8 Å². The SMILES string of the molecule is CN(C)C(=O)C(C)(C)c1ccc(N2CCN(C(=O)C3CCCCC3(C(N)=O)C3(C#N)CC3)CC2)cc1. The lowest BCUT2D eigenvalue weighted by Gasteiger charge is -2.47. The van der Waals surface area contributed by atoms with Crippen molar-refractivity contribution in [1.29, 1.82) is 5.26 Å². The third kappa shape index (κ3) is 4.12. The summed E-state index contributed by atoms with van der Waals surface area (Å²) in [7, 11) is 3.54. The van der Waals surface area contributed by atoms with E-state index in [1.165, 1.54) is 0 Å². The quantitative estimate of drug-likeness (QED) is 0.655. The molecule has 2 atom stereocenters. The largest absolute Gasteiger partial charge is 0.369 e. The summed E-state index contributed by atoms with van der Waals surface area (Å²) in [6.45, 7) is 6.37. The molecule has 2 saturated carbocycles. The highest BCUT2D eigenvalue weighted by atomic mass is 16.2. The summed E-state index contributed by atoms with van der Waals surface area (Å²) >= 11 is 0. The zero-order valence-electron chi connectivity index (χ0n) is 22.0. The van der Waals surface area contributed by atoms with Gasteiger partial charge in [0.15, 0.2) is 0 Å². The molecular formula is C28H39N5O3. The van der Waals surface area contributed by atoms with Crippen molar-refractivity contribution in [2.75, 3.05) is 45.2 Å². The van der Waals surface area contributed by atoms with Gasteiger partial charge in [0.25, 0.3) is 0 Å². The molecule has 0 bridgehead atoms. The zero-order valence-corrected chi connectivity index (χ0v) is 22.0. The summed E-state index contributed by atoms with van der Waals surface area (Å²) in [5, 5.41) is 9.91. The van der Waals surface area contributed by atoms with E-state index in [0.717, 1.165) is 24.1 Å². The topological polar surface area (TPSA) is 111 Å². The summed E-state index contributed by atoms with van der Waals surface area (Å²) in [5.74, 6) is -0.947. The number of carbonyl (C=O) groups excluding carboxylic acids is 3. The van der Waals surface area contributed by atoms with Crippen LogP contribution in [0.25, 0.3) is 0 Å². The molecule has 8 heteroatoms. The van der Waals surface area contributed by atoms with Crippen molar-refractivity contribution in [3.05, 3.63) is 29.8 Å². The van der Waals surface area contributed by atoms with Gasteiger partial charge < -0.3 is 20.4 Å². The van der Waals surface area contributed by atoms with Gasteiger partial charge >= 0.3 is 0 Å². The molecule has 8 nitrogen and oxygen atoms in total. The number of piperazine rings is 1. The van der Waals surface area contributed by atoms with Crippen LogP contribution in [0.2, 0.25) is 0 Å². The van der Waals surface area contributed by atoms with E-state index >= 15 is 0 Å². The molecule has 3 fully saturated rings. The highest BCUT2D eigenvalue weighted by Crippen LogP contribution is 2.65. The third-order valence-corrected chi connectivity index (χ3v) is 8.95. The molecule has 0 aromatic heterocycles. The van der Waals surface area contributed by atoms with E-state index in [1.807, 2.05) is 43.0 Å². The highest BCUT2D eigenvalue weighted by molar-refractivity contribution is 5.92. The Labute approximate surface area is 214 Å². The molecule has 1 aliphatic heterocycles. The molecule has 2 N–H and O–H groups in total. The molecule has 1 saturated heterocycles. The first-order valence-electron chi connectivity index (χ1n) is 13.1. The predicted molar refractivity (Wildman–Crippen MR) is 138 cm³/mol. The number of hydrogen-bond donors (Lipinski definition) is 1. The normalized spacial score (nSPS) is 25.6. The molecule has 3 aliphatic rings. The van der Waals surface area contributed by atoms with Gasteiger partial charge in [-0.05, 0) is 57.2 Å². The molecule has 1 aromatic carbocycles. The number of amides is 3. The second kappa shape index (κ2) is 9.42. The van der Waals surface area contributed by atoms with Crippen molar-refractivity contribution in [3.8, 4) is 6.07 Å². The lowest BCUT2D eigenvalue weighted by Crippen LogP contribution is -2.58. The molecule has 1 aromatic rings. The summed E-state index contributed by atoms with van der Waals surface area (Å²) in [4.78, 5) is 44.8. The van der Waals surface area contributed by atoms with E-state index in [-0.39, 0.29) is 11.8 Å². The molecule has 2 unspecified atom stereocenters. The summed E-state index contributed by atoms with van der Waals surface area (Å²) < 4.78 is 0. The van der Waals surface area contributed by atoms with E-state index in [9.17, 15) is 19.6 Å². The van der Waals surface area contributed by atoms with Gasteiger partial charge in [0.1, 0.15) is 0 Å². The Morgan fingerprint density at radius 1 is 1.03 bits per heavy atom. The van der Waals surface area contributed by atoms with Crippen LogP contribution in [0.1, 0.15) is 57.9 Å². The predicted octanol–water partition coefficient (Wildman–Crippen LogP) is 2.67. The van der Waals surface area contributed by atoms with Crippen LogP contribution < -0.4 is 10.6 Å². The number of nitriles is 1.